The van der Waals surface area contributed by atoms with E-state index in [1.807, 2.05) is 12.1 Å². The molecule has 0 aliphatic rings. The largest absolute Gasteiger partial charge is 0.456 e. The van der Waals surface area contributed by atoms with Crippen LogP contribution in [0.3, 0.4) is 0 Å². The number of para-hydroxylation sites is 4. The van der Waals surface area contributed by atoms with Gasteiger partial charge in [0.05, 0.1) is 32.8 Å². The summed E-state index contributed by atoms with van der Waals surface area (Å²) in [6, 6.07) is 64.6. The maximum Gasteiger partial charge on any atom is 0.147 e. The molecule has 5 heteroatoms. The molecule has 5 aromatic heterocycles. The van der Waals surface area contributed by atoms with E-state index in [-0.39, 0.29) is 0 Å². The third-order valence-corrected chi connectivity index (χ3v) is 12.5. The van der Waals surface area contributed by atoms with Gasteiger partial charge >= 0.3 is 0 Å². The molecule has 5 nitrogen and oxygen atoms in total. The van der Waals surface area contributed by atoms with E-state index in [1.54, 1.807) is 0 Å². The van der Waals surface area contributed by atoms with E-state index in [4.69, 9.17) is 13.3 Å². The van der Waals surface area contributed by atoms with Crippen LogP contribution < -0.4 is 0 Å². The monoisotopic (exact) mass is 754 g/mol. The summed E-state index contributed by atoms with van der Waals surface area (Å²) in [5, 5.41) is 11.1. The Labute approximate surface area is 335 Å². The number of nitrogens with zero attached hydrogens (tertiary/aromatic N) is 2. The van der Waals surface area contributed by atoms with Gasteiger partial charge in [-0.15, -0.1) is 0 Å². The number of aromatic nitrogens is 2. The predicted molar refractivity (Wildman–Crippen MR) is 242 cm³/mol. The van der Waals surface area contributed by atoms with Gasteiger partial charge in [0.2, 0.25) is 0 Å². The average Bonchev–Trinajstić information content (AvgIpc) is 4.10. The van der Waals surface area contributed by atoms with Crippen molar-refractivity contribution in [2.24, 2.45) is 0 Å². The number of furan rings is 3. The Hall–Kier alpha value is -8.02. The zero-order chi connectivity index (χ0) is 38.3. The Morgan fingerprint density at radius 1 is 0.271 bits per heavy atom. The van der Waals surface area contributed by atoms with Crippen LogP contribution in [0.15, 0.2) is 195 Å². The van der Waals surface area contributed by atoms with Crippen molar-refractivity contribution in [3.8, 4) is 22.5 Å². The Morgan fingerprint density at radius 2 is 0.831 bits per heavy atom. The lowest BCUT2D eigenvalue weighted by Gasteiger charge is -2.10. The molecule has 59 heavy (non-hydrogen) atoms. The molecule has 0 unspecified atom stereocenters. The van der Waals surface area contributed by atoms with Crippen LogP contribution in [0.4, 0.5) is 0 Å². The van der Waals surface area contributed by atoms with Crippen LogP contribution in [0.25, 0.3) is 132 Å². The van der Waals surface area contributed by atoms with Crippen molar-refractivity contribution in [1.29, 1.82) is 0 Å². The smallest absolute Gasteiger partial charge is 0.147 e. The van der Waals surface area contributed by atoms with Crippen molar-refractivity contribution in [3.63, 3.8) is 0 Å². The number of hydrogen-bond acceptors (Lipinski definition) is 3. The summed E-state index contributed by atoms with van der Waals surface area (Å²) in [5.74, 6) is 0. The van der Waals surface area contributed by atoms with Gasteiger partial charge in [-0.3, -0.25) is 0 Å². The highest BCUT2D eigenvalue weighted by molar-refractivity contribution is 6.25. The Kier molecular flexibility index (Phi) is 5.96. The van der Waals surface area contributed by atoms with Gasteiger partial charge in [-0.1, -0.05) is 91.0 Å². The molecule has 0 atom stereocenters. The minimum Gasteiger partial charge on any atom is -0.456 e. The lowest BCUT2D eigenvalue weighted by molar-refractivity contribution is 0.662. The van der Waals surface area contributed by atoms with Gasteiger partial charge in [-0.25, -0.2) is 0 Å². The second kappa shape index (κ2) is 11.3. The second-order valence-corrected chi connectivity index (χ2v) is 15.6. The molecule has 0 amide bonds. The molecular formula is C54H30N2O3. The van der Waals surface area contributed by atoms with E-state index in [1.165, 1.54) is 21.8 Å². The lowest BCUT2D eigenvalue weighted by Crippen LogP contribution is -1.94. The minimum atomic E-state index is 0.800. The number of benzene rings is 9. The highest BCUT2D eigenvalue weighted by Crippen LogP contribution is 2.44. The van der Waals surface area contributed by atoms with Gasteiger partial charge in [0.25, 0.3) is 0 Å². The molecule has 0 aliphatic carbocycles. The first kappa shape index (κ1) is 31.1. The zero-order valence-corrected chi connectivity index (χ0v) is 31.4. The molecular weight excluding hydrogens is 725 g/mol. The summed E-state index contributed by atoms with van der Waals surface area (Å²) in [7, 11) is 0. The molecule has 9 aromatic carbocycles. The van der Waals surface area contributed by atoms with Gasteiger partial charge in [0.1, 0.15) is 33.5 Å². The molecule has 14 aromatic rings. The summed E-state index contributed by atoms with van der Waals surface area (Å²) in [6.07, 6.45) is 0. The normalized spacial score (nSPS) is 12.4. The Bertz CT molecular complexity index is 4040. The van der Waals surface area contributed by atoms with Crippen LogP contribution in [-0.2, 0) is 0 Å². The van der Waals surface area contributed by atoms with E-state index in [0.29, 0.717) is 0 Å². The molecule has 0 spiro atoms. The predicted octanol–water partition coefficient (Wildman–Crippen LogP) is 15.2. The summed E-state index contributed by atoms with van der Waals surface area (Å²) in [4.78, 5) is 0. The summed E-state index contributed by atoms with van der Waals surface area (Å²) in [5.41, 5.74) is 14.2. The molecule has 0 aliphatic heterocycles. The second-order valence-electron chi connectivity index (χ2n) is 15.6. The SMILES string of the molecule is c1cc(-c2ccc3oc4c(ccc5oc6ccc(-n7c8ccccc8c8c9oc%10ccccc%10c9ccc87)cc6c54)c3c2)cc(-n2c3ccccc3c3ccccc32)c1. The number of fused-ring (bicyclic) bond motifs is 17. The molecule has 0 N–H and O–H groups in total. The molecule has 274 valence electrons. The van der Waals surface area contributed by atoms with Crippen molar-refractivity contribution in [3.05, 3.63) is 182 Å². The third-order valence-electron chi connectivity index (χ3n) is 12.5. The van der Waals surface area contributed by atoms with E-state index < -0.39 is 0 Å². The van der Waals surface area contributed by atoms with Crippen LogP contribution in [-0.4, -0.2) is 9.13 Å². The highest BCUT2D eigenvalue weighted by Gasteiger charge is 2.21. The van der Waals surface area contributed by atoms with Crippen molar-refractivity contribution in [1.82, 2.24) is 9.13 Å². The maximum absolute atomic E-state index is 6.77. The first-order valence-corrected chi connectivity index (χ1v) is 20.0. The quantitative estimate of drug-likeness (QED) is 0.180. The van der Waals surface area contributed by atoms with Crippen LogP contribution in [0.2, 0.25) is 0 Å². The maximum atomic E-state index is 6.77. The molecule has 5 heterocycles. The number of hydrogen-bond donors (Lipinski definition) is 0. The lowest BCUT2D eigenvalue weighted by atomic mass is 10.0. The van der Waals surface area contributed by atoms with Crippen LogP contribution >= 0.6 is 0 Å². The molecule has 0 fully saturated rings. The standard InChI is InChI=1S/C54H30N2O3/c1-5-16-43-35(12-1)36-13-2-6-17-44(36)55(43)33-11-9-10-31(28-33)32-20-25-48-41(29-32)39-23-27-50-52(54(39)59-48)42-30-34(21-26-49(42)57-50)56-45-18-7-3-15-40(45)51-46(56)24-22-38-37-14-4-8-19-47(37)58-53(38)51/h1-30H. The topological polar surface area (TPSA) is 49.3 Å². The molecule has 0 saturated carbocycles. The van der Waals surface area contributed by atoms with Crippen molar-refractivity contribution in [2.75, 3.05) is 0 Å². The van der Waals surface area contributed by atoms with E-state index in [2.05, 4.69) is 179 Å². The molecule has 0 saturated heterocycles. The third kappa shape index (κ3) is 4.18. The van der Waals surface area contributed by atoms with Gasteiger partial charge in [0.15, 0.2) is 0 Å². The first-order valence-electron chi connectivity index (χ1n) is 20.0. The fourth-order valence-corrected chi connectivity index (χ4v) is 9.94. The Morgan fingerprint density at radius 3 is 1.64 bits per heavy atom. The zero-order valence-electron chi connectivity index (χ0n) is 31.4. The van der Waals surface area contributed by atoms with Crippen molar-refractivity contribution < 1.29 is 13.3 Å². The van der Waals surface area contributed by atoms with E-state index >= 15 is 0 Å². The summed E-state index contributed by atoms with van der Waals surface area (Å²) >= 11 is 0. The highest BCUT2D eigenvalue weighted by atomic mass is 16.3. The molecule has 0 bridgehead atoms. The summed E-state index contributed by atoms with van der Waals surface area (Å²) in [6.45, 7) is 0. The van der Waals surface area contributed by atoms with Crippen LogP contribution in [0.5, 0.6) is 0 Å². The fraction of sp³-hybridized carbons (Fsp3) is 0. The van der Waals surface area contributed by atoms with Crippen molar-refractivity contribution >= 4 is 109 Å². The number of rotatable bonds is 3. The first-order chi connectivity index (χ1) is 29.2. The van der Waals surface area contributed by atoms with Gasteiger partial charge in [-0.05, 0) is 102 Å². The molecule has 0 radical (unpaired) electrons. The molecule has 14 rings (SSSR count). The van der Waals surface area contributed by atoms with Crippen LogP contribution in [0, 0.1) is 0 Å². The fourth-order valence-electron chi connectivity index (χ4n) is 9.94. The van der Waals surface area contributed by atoms with Gasteiger partial charge in [0, 0.05) is 54.5 Å². The van der Waals surface area contributed by atoms with Crippen LogP contribution in [0.1, 0.15) is 0 Å². The average molecular weight is 755 g/mol. The van der Waals surface area contributed by atoms with Gasteiger partial charge in [-0.2, -0.15) is 0 Å². The Balaban J connectivity index is 0.943. The van der Waals surface area contributed by atoms with Gasteiger partial charge < -0.3 is 22.4 Å². The minimum absolute atomic E-state index is 0.800. The summed E-state index contributed by atoms with van der Waals surface area (Å²) < 4.78 is 24.6. The van der Waals surface area contributed by atoms with E-state index in [0.717, 1.165) is 110 Å². The van der Waals surface area contributed by atoms with E-state index in [9.17, 15) is 0 Å². The van der Waals surface area contributed by atoms with Crippen molar-refractivity contribution in [2.45, 2.75) is 0 Å².